The number of rotatable bonds is 5. The van der Waals surface area contributed by atoms with Gasteiger partial charge in [-0.3, -0.25) is 14.9 Å². The number of benzene rings is 1. The van der Waals surface area contributed by atoms with Crippen LogP contribution in [-0.2, 0) is 0 Å². The van der Waals surface area contributed by atoms with Crippen LogP contribution in [0.25, 0.3) is 11.4 Å². The zero-order chi connectivity index (χ0) is 21.1. The van der Waals surface area contributed by atoms with Gasteiger partial charge >= 0.3 is 0 Å². The summed E-state index contributed by atoms with van der Waals surface area (Å²) in [7, 11) is 0. The van der Waals surface area contributed by atoms with Gasteiger partial charge < -0.3 is 10.2 Å². The first-order valence-electron chi connectivity index (χ1n) is 9.69. The molecule has 3 aromatic rings. The number of piperidine rings is 1. The molecular weight excluding hydrogens is 402 g/mol. The third-order valence-electron chi connectivity index (χ3n) is 5.06. The first-order valence-corrected chi connectivity index (χ1v) is 10.6. The van der Waals surface area contributed by atoms with Crippen LogP contribution in [0.1, 0.15) is 28.2 Å². The fourth-order valence-corrected chi connectivity index (χ4v) is 4.15. The number of nitro benzene ring substituents is 1. The Morgan fingerprint density at radius 1 is 1.20 bits per heavy atom. The Balaban J connectivity index is 1.46. The number of nitro groups is 1. The smallest absolute Gasteiger partial charge is 0.270 e. The summed E-state index contributed by atoms with van der Waals surface area (Å²) < 4.78 is 0. The summed E-state index contributed by atoms with van der Waals surface area (Å²) in [6, 6.07) is 12.1. The number of hydrogen-bond acceptors (Lipinski definition) is 7. The van der Waals surface area contributed by atoms with Gasteiger partial charge in [0.05, 0.1) is 9.80 Å². The van der Waals surface area contributed by atoms with Gasteiger partial charge in [-0.25, -0.2) is 9.97 Å². The maximum absolute atomic E-state index is 12.3. The average molecular weight is 423 g/mol. The minimum absolute atomic E-state index is 0.0152. The molecule has 1 N–H and O–H groups in total. The Hall–Kier alpha value is -3.33. The standard InChI is InChI=1S/C21H21N5O3S/c1-14-12-19(24-20(22-14)15-4-2-5-17(13-15)26(28)29)25-9-7-16(8-10-25)23-21(27)18-6-3-11-30-18/h2-6,11-13,16H,7-10H2,1H3,(H,23,27). The SMILES string of the molecule is Cc1cc(N2CCC(NC(=O)c3cccs3)CC2)nc(-c2cccc([N+](=O)[O-])c2)n1. The number of nitrogens with zero attached hydrogens (tertiary/aromatic N) is 4. The summed E-state index contributed by atoms with van der Waals surface area (Å²) in [6.45, 7) is 3.42. The van der Waals surface area contributed by atoms with E-state index in [1.165, 1.54) is 23.5 Å². The van der Waals surface area contributed by atoms with E-state index in [1.54, 1.807) is 12.1 Å². The lowest BCUT2D eigenvalue weighted by Gasteiger charge is -2.33. The molecule has 8 nitrogen and oxygen atoms in total. The van der Waals surface area contributed by atoms with Crippen molar-refractivity contribution in [3.63, 3.8) is 0 Å². The normalized spacial score (nSPS) is 14.5. The number of hydrogen-bond donors (Lipinski definition) is 1. The molecule has 2 aromatic heterocycles. The van der Waals surface area contributed by atoms with Crippen molar-refractivity contribution < 1.29 is 9.72 Å². The molecule has 1 aliphatic rings. The Bertz CT molecular complexity index is 1060. The molecule has 154 valence electrons. The number of carbonyl (C=O) groups is 1. The molecule has 9 heteroatoms. The first kappa shape index (κ1) is 20.0. The van der Waals surface area contributed by atoms with Crippen LogP contribution in [-0.4, -0.2) is 39.9 Å². The van der Waals surface area contributed by atoms with Crippen LogP contribution in [0.4, 0.5) is 11.5 Å². The number of amides is 1. The zero-order valence-corrected chi connectivity index (χ0v) is 17.3. The van der Waals surface area contributed by atoms with Crippen molar-refractivity contribution in [2.75, 3.05) is 18.0 Å². The molecule has 1 fully saturated rings. The molecule has 1 aliphatic heterocycles. The van der Waals surface area contributed by atoms with E-state index in [4.69, 9.17) is 0 Å². The van der Waals surface area contributed by atoms with Gasteiger partial charge in [0.25, 0.3) is 11.6 Å². The summed E-state index contributed by atoms with van der Waals surface area (Å²) in [5, 5.41) is 16.1. The lowest BCUT2D eigenvalue weighted by Crippen LogP contribution is -2.44. The molecule has 0 unspecified atom stereocenters. The molecule has 0 spiro atoms. The molecule has 0 atom stereocenters. The van der Waals surface area contributed by atoms with Crippen LogP contribution >= 0.6 is 11.3 Å². The highest BCUT2D eigenvalue weighted by molar-refractivity contribution is 7.12. The largest absolute Gasteiger partial charge is 0.356 e. The van der Waals surface area contributed by atoms with Gasteiger partial charge in [-0.1, -0.05) is 18.2 Å². The first-order chi connectivity index (χ1) is 14.5. The second-order valence-electron chi connectivity index (χ2n) is 7.21. The molecule has 0 saturated carbocycles. The molecule has 30 heavy (non-hydrogen) atoms. The number of aryl methyl sites for hydroxylation is 1. The number of non-ortho nitro benzene ring substituents is 1. The molecule has 1 saturated heterocycles. The van der Waals surface area contributed by atoms with Crippen molar-refractivity contribution in [1.29, 1.82) is 0 Å². The van der Waals surface area contributed by atoms with Crippen molar-refractivity contribution in [2.45, 2.75) is 25.8 Å². The van der Waals surface area contributed by atoms with E-state index in [2.05, 4.69) is 20.2 Å². The molecule has 3 heterocycles. The van der Waals surface area contributed by atoms with Crippen LogP contribution in [0, 0.1) is 17.0 Å². The van der Waals surface area contributed by atoms with E-state index in [1.807, 2.05) is 30.5 Å². The third-order valence-corrected chi connectivity index (χ3v) is 5.92. The lowest BCUT2D eigenvalue weighted by atomic mass is 10.0. The van der Waals surface area contributed by atoms with Gasteiger partial charge in [-0.05, 0) is 31.2 Å². The highest BCUT2D eigenvalue weighted by atomic mass is 32.1. The summed E-state index contributed by atoms with van der Waals surface area (Å²) in [6.07, 6.45) is 1.65. The van der Waals surface area contributed by atoms with E-state index in [9.17, 15) is 14.9 Å². The number of anilines is 1. The average Bonchev–Trinajstić information content (AvgIpc) is 3.29. The number of carbonyl (C=O) groups excluding carboxylic acids is 1. The molecule has 0 bridgehead atoms. The van der Waals surface area contributed by atoms with Crippen LogP contribution in [0.2, 0.25) is 0 Å². The van der Waals surface area contributed by atoms with Crippen molar-refractivity contribution in [2.24, 2.45) is 0 Å². The summed E-state index contributed by atoms with van der Waals surface area (Å²) in [4.78, 5) is 34.9. The zero-order valence-electron chi connectivity index (χ0n) is 16.4. The summed E-state index contributed by atoms with van der Waals surface area (Å²) in [5.41, 5.74) is 1.43. The maximum atomic E-state index is 12.3. The van der Waals surface area contributed by atoms with Gasteiger partial charge in [-0.2, -0.15) is 0 Å². The fourth-order valence-electron chi connectivity index (χ4n) is 3.52. The lowest BCUT2D eigenvalue weighted by molar-refractivity contribution is -0.384. The second-order valence-corrected chi connectivity index (χ2v) is 8.16. The van der Waals surface area contributed by atoms with Gasteiger partial charge in [0, 0.05) is 48.6 Å². The Morgan fingerprint density at radius 2 is 2.00 bits per heavy atom. The van der Waals surface area contributed by atoms with Gasteiger partial charge in [0.1, 0.15) is 5.82 Å². The molecule has 1 amide bonds. The maximum Gasteiger partial charge on any atom is 0.270 e. The van der Waals surface area contributed by atoms with E-state index in [0.29, 0.717) is 11.4 Å². The second kappa shape index (κ2) is 8.58. The number of thiophene rings is 1. The summed E-state index contributed by atoms with van der Waals surface area (Å²) in [5.74, 6) is 1.25. The molecule has 0 radical (unpaired) electrons. The number of aromatic nitrogens is 2. The Morgan fingerprint density at radius 3 is 2.70 bits per heavy atom. The predicted octanol–water partition coefficient (Wildman–Crippen LogP) is 3.82. The van der Waals surface area contributed by atoms with Gasteiger partial charge in [0.2, 0.25) is 0 Å². The highest BCUT2D eigenvalue weighted by Gasteiger charge is 2.23. The molecule has 4 rings (SSSR count). The Kier molecular flexibility index (Phi) is 5.71. The van der Waals surface area contributed by atoms with Crippen molar-refractivity contribution in [3.05, 3.63) is 68.5 Å². The molecule has 1 aromatic carbocycles. The van der Waals surface area contributed by atoms with Crippen LogP contribution in [0.15, 0.2) is 47.8 Å². The van der Waals surface area contributed by atoms with E-state index in [-0.39, 0.29) is 17.6 Å². The molecule has 0 aliphatic carbocycles. The van der Waals surface area contributed by atoms with Gasteiger partial charge in [0.15, 0.2) is 5.82 Å². The van der Waals surface area contributed by atoms with Crippen molar-refractivity contribution in [3.8, 4) is 11.4 Å². The van der Waals surface area contributed by atoms with Crippen LogP contribution < -0.4 is 10.2 Å². The predicted molar refractivity (Wildman–Crippen MR) is 116 cm³/mol. The van der Waals surface area contributed by atoms with E-state index < -0.39 is 4.92 Å². The van der Waals surface area contributed by atoms with E-state index >= 15 is 0 Å². The van der Waals surface area contributed by atoms with E-state index in [0.717, 1.165) is 42.3 Å². The minimum atomic E-state index is -0.421. The molecular formula is C21H21N5O3S. The Labute approximate surface area is 177 Å². The monoisotopic (exact) mass is 423 g/mol. The van der Waals surface area contributed by atoms with Crippen molar-refractivity contribution >= 4 is 28.7 Å². The summed E-state index contributed by atoms with van der Waals surface area (Å²) >= 11 is 1.44. The highest BCUT2D eigenvalue weighted by Crippen LogP contribution is 2.25. The fraction of sp³-hybridized carbons (Fsp3) is 0.286. The van der Waals surface area contributed by atoms with Crippen LogP contribution in [0.3, 0.4) is 0 Å². The number of nitrogens with one attached hydrogen (secondary N) is 1. The van der Waals surface area contributed by atoms with Crippen molar-refractivity contribution in [1.82, 2.24) is 15.3 Å². The topological polar surface area (TPSA) is 101 Å². The quantitative estimate of drug-likeness (QED) is 0.494. The minimum Gasteiger partial charge on any atom is -0.356 e. The van der Waals surface area contributed by atoms with Gasteiger partial charge in [-0.15, -0.1) is 11.3 Å². The van der Waals surface area contributed by atoms with Crippen LogP contribution in [0.5, 0.6) is 0 Å². The third kappa shape index (κ3) is 4.46.